The standard InChI is InChI=1S/C25H19N5OS/c1-2-16-30-20-11-7-6-10-19(20)21(17-8-4-3-5-9-17)22(24(30)31)32-25-27-23(28-29-25)18-12-14-26-15-13-18/h2-15H,1,16H2,(H,27,28,29). The summed E-state index contributed by atoms with van der Waals surface area (Å²) in [6.07, 6.45) is 5.14. The van der Waals surface area contributed by atoms with Crippen molar-refractivity contribution in [2.24, 2.45) is 0 Å². The van der Waals surface area contributed by atoms with Gasteiger partial charge in [0.15, 0.2) is 5.82 Å². The van der Waals surface area contributed by atoms with Crippen molar-refractivity contribution >= 4 is 22.7 Å². The maximum Gasteiger partial charge on any atom is 0.266 e. The van der Waals surface area contributed by atoms with E-state index >= 15 is 0 Å². The molecule has 0 saturated heterocycles. The Morgan fingerprint density at radius 3 is 2.50 bits per heavy atom. The summed E-state index contributed by atoms with van der Waals surface area (Å²) in [6, 6.07) is 21.6. The molecular formula is C25H19N5OS. The summed E-state index contributed by atoms with van der Waals surface area (Å²) in [5.41, 5.74) is 3.51. The molecule has 0 fully saturated rings. The lowest BCUT2D eigenvalue weighted by Gasteiger charge is -2.16. The highest BCUT2D eigenvalue weighted by Gasteiger charge is 2.20. The molecule has 0 unspecified atom stereocenters. The number of benzene rings is 2. The van der Waals surface area contributed by atoms with E-state index in [1.54, 1.807) is 23.0 Å². The second kappa shape index (κ2) is 8.64. The molecule has 0 amide bonds. The van der Waals surface area contributed by atoms with Crippen molar-refractivity contribution in [2.75, 3.05) is 0 Å². The van der Waals surface area contributed by atoms with E-state index < -0.39 is 0 Å². The number of allylic oxidation sites excluding steroid dienone is 1. The summed E-state index contributed by atoms with van der Waals surface area (Å²) < 4.78 is 1.74. The van der Waals surface area contributed by atoms with Gasteiger partial charge in [0.05, 0.1) is 10.4 Å². The number of hydrogen-bond donors (Lipinski definition) is 1. The fourth-order valence-corrected chi connectivity index (χ4v) is 4.64. The van der Waals surface area contributed by atoms with E-state index in [2.05, 4.69) is 26.7 Å². The van der Waals surface area contributed by atoms with Gasteiger partial charge in [0.1, 0.15) is 0 Å². The highest BCUT2D eigenvalue weighted by atomic mass is 32.2. The predicted molar refractivity (Wildman–Crippen MR) is 128 cm³/mol. The van der Waals surface area contributed by atoms with Crippen LogP contribution in [0.4, 0.5) is 0 Å². The molecule has 2 aromatic carbocycles. The van der Waals surface area contributed by atoms with Crippen molar-refractivity contribution in [3.8, 4) is 22.5 Å². The van der Waals surface area contributed by atoms with Crippen LogP contribution in [0.2, 0.25) is 0 Å². The first-order chi connectivity index (χ1) is 15.8. The lowest BCUT2D eigenvalue weighted by atomic mass is 10.0. The SMILES string of the molecule is C=CCn1c(=O)c(Sc2n[nH]c(-c3ccncc3)n2)c(-c2ccccc2)c2ccccc21. The summed E-state index contributed by atoms with van der Waals surface area (Å²) in [5, 5.41) is 8.79. The van der Waals surface area contributed by atoms with Crippen LogP contribution in [0, 0.1) is 0 Å². The van der Waals surface area contributed by atoms with Gasteiger partial charge >= 0.3 is 0 Å². The molecule has 5 aromatic rings. The largest absolute Gasteiger partial charge is 0.303 e. The van der Waals surface area contributed by atoms with Crippen LogP contribution in [0.1, 0.15) is 0 Å². The molecular weight excluding hydrogens is 418 g/mol. The van der Waals surface area contributed by atoms with E-state index in [0.29, 0.717) is 22.4 Å². The van der Waals surface area contributed by atoms with Crippen LogP contribution < -0.4 is 5.56 Å². The fraction of sp³-hybridized carbons (Fsp3) is 0.0400. The molecule has 0 bridgehead atoms. The Balaban J connectivity index is 1.72. The summed E-state index contributed by atoms with van der Waals surface area (Å²) in [5.74, 6) is 0.628. The van der Waals surface area contributed by atoms with Crippen LogP contribution >= 0.6 is 11.8 Å². The average molecular weight is 438 g/mol. The van der Waals surface area contributed by atoms with E-state index in [4.69, 9.17) is 0 Å². The zero-order chi connectivity index (χ0) is 21.9. The molecule has 156 valence electrons. The van der Waals surface area contributed by atoms with Crippen LogP contribution in [0.15, 0.2) is 107 Å². The number of aromatic amines is 1. The molecule has 0 aliphatic rings. The summed E-state index contributed by atoms with van der Waals surface area (Å²) in [6.45, 7) is 4.25. The van der Waals surface area contributed by atoms with Gasteiger partial charge in [-0.3, -0.25) is 14.9 Å². The molecule has 0 aliphatic heterocycles. The Bertz CT molecular complexity index is 1460. The van der Waals surface area contributed by atoms with Gasteiger partial charge in [-0.05, 0) is 35.5 Å². The van der Waals surface area contributed by atoms with Gasteiger partial charge in [-0.1, -0.05) is 54.6 Å². The Labute approximate surface area is 188 Å². The number of nitrogens with zero attached hydrogens (tertiary/aromatic N) is 4. The lowest BCUT2D eigenvalue weighted by Crippen LogP contribution is -2.22. The maximum absolute atomic E-state index is 13.7. The molecule has 7 heteroatoms. The first-order valence-electron chi connectivity index (χ1n) is 10.1. The first kappa shape index (κ1) is 20.0. The van der Waals surface area contributed by atoms with Crippen molar-refractivity contribution in [2.45, 2.75) is 16.6 Å². The van der Waals surface area contributed by atoms with Gasteiger partial charge in [-0.25, -0.2) is 4.98 Å². The monoisotopic (exact) mass is 437 g/mol. The quantitative estimate of drug-likeness (QED) is 0.370. The lowest BCUT2D eigenvalue weighted by molar-refractivity contribution is 0.798. The minimum Gasteiger partial charge on any atom is -0.303 e. The van der Waals surface area contributed by atoms with Gasteiger partial charge in [0.2, 0.25) is 5.16 Å². The molecule has 6 nitrogen and oxygen atoms in total. The topological polar surface area (TPSA) is 76.5 Å². The van der Waals surface area contributed by atoms with E-state index in [1.807, 2.05) is 66.7 Å². The van der Waals surface area contributed by atoms with Crippen molar-refractivity contribution in [1.82, 2.24) is 24.7 Å². The van der Waals surface area contributed by atoms with Crippen LogP contribution in [-0.4, -0.2) is 24.7 Å². The highest BCUT2D eigenvalue weighted by Crippen LogP contribution is 2.37. The predicted octanol–water partition coefficient (Wildman–Crippen LogP) is 5.19. The minimum absolute atomic E-state index is 0.0947. The summed E-state index contributed by atoms with van der Waals surface area (Å²) in [7, 11) is 0. The van der Waals surface area contributed by atoms with Crippen molar-refractivity contribution < 1.29 is 0 Å². The van der Waals surface area contributed by atoms with Crippen molar-refractivity contribution in [1.29, 1.82) is 0 Å². The second-order valence-corrected chi connectivity index (χ2v) is 8.07. The van der Waals surface area contributed by atoms with Gasteiger partial charge in [0.25, 0.3) is 5.56 Å². The van der Waals surface area contributed by atoms with E-state index in [1.165, 1.54) is 11.8 Å². The third-order valence-corrected chi connectivity index (χ3v) is 6.06. The first-order valence-corrected chi connectivity index (χ1v) is 10.9. The number of pyridine rings is 2. The number of aromatic nitrogens is 5. The van der Waals surface area contributed by atoms with Gasteiger partial charge in [-0.2, -0.15) is 0 Å². The summed E-state index contributed by atoms with van der Waals surface area (Å²) >= 11 is 1.27. The number of hydrogen-bond acceptors (Lipinski definition) is 5. The molecule has 0 spiro atoms. The number of nitrogens with one attached hydrogen (secondary N) is 1. The van der Waals surface area contributed by atoms with E-state index in [0.717, 1.165) is 27.6 Å². The van der Waals surface area contributed by atoms with Crippen LogP contribution in [0.3, 0.4) is 0 Å². The van der Waals surface area contributed by atoms with Gasteiger partial charge in [0, 0.05) is 35.5 Å². The fourth-order valence-electron chi connectivity index (χ4n) is 3.70. The zero-order valence-electron chi connectivity index (χ0n) is 17.1. The third kappa shape index (κ3) is 3.63. The van der Waals surface area contributed by atoms with Gasteiger partial charge in [-0.15, -0.1) is 11.7 Å². The maximum atomic E-state index is 13.7. The number of H-pyrrole nitrogens is 1. The van der Waals surface area contributed by atoms with E-state index in [-0.39, 0.29) is 5.56 Å². The smallest absolute Gasteiger partial charge is 0.266 e. The molecule has 5 rings (SSSR count). The molecule has 1 N–H and O–H groups in total. The number of fused-ring (bicyclic) bond motifs is 1. The number of para-hydroxylation sites is 1. The van der Waals surface area contributed by atoms with Crippen LogP contribution in [0.5, 0.6) is 0 Å². The molecule has 0 radical (unpaired) electrons. The normalized spacial score (nSPS) is 11.0. The average Bonchev–Trinajstić information content (AvgIpc) is 3.32. The minimum atomic E-state index is -0.0947. The highest BCUT2D eigenvalue weighted by molar-refractivity contribution is 7.99. The molecule has 3 aromatic heterocycles. The Morgan fingerprint density at radius 1 is 0.969 bits per heavy atom. The molecule has 0 saturated carbocycles. The Kier molecular flexibility index (Phi) is 5.39. The number of rotatable bonds is 6. The second-order valence-electron chi connectivity index (χ2n) is 7.10. The van der Waals surface area contributed by atoms with Crippen molar-refractivity contribution in [3.63, 3.8) is 0 Å². The molecule has 3 heterocycles. The molecule has 32 heavy (non-hydrogen) atoms. The Hall–Kier alpha value is -3.97. The van der Waals surface area contributed by atoms with E-state index in [9.17, 15) is 4.79 Å². The Morgan fingerprint density at radius 2 is 1.72 bits per heavy atom. The van der Waals surface area contributed by atoms with Crippen LogP contribution in [0.25, 0.3) is 33.4 Å². The summed E-state index contributed by atoms with van der Waals surface area (Å²) in [4.78, 5) is 22.9. The third-order valence-electron chi connectivity index (χ3n) is 5.12. The molecule has 0 atom stereocenters. The van der Waals surface area contributed by atoms with Crippen molar-refractivity contribution in [3.05, 3.63) is 102 Å². The zero-order valence-corrected chi connectivity index (χ0v) is 17.9. The van der Waals surface area contributed by atoms with Gasteiger partial charge < -0.3 is 4.57 Å². The molecule has 0 aliphatic carbocycles. The van der Waals surface area contributed by atoms with Crippen LogP contribution in [-0.2, 0) is 6.54 Å².